The van der Waals surface area contributed by atoms with Gasteiger partial charge in [-0.1, -0.05) is 6.92 Å². The van der Waals surface area contributed by atoms with E-state index in [1.54, 1.807) is 6.92 Å². The number of hydrogen-bond acceptors (Lipinski definition) is 5. The first-order valence-corrected chi connectivity index (χ1v) is 8.27. The number of benzene rings is 1. The monoisotopic (exact) mass is 298 g/mol. The molecule has 0 bridgehead atoms. The van der Waals surface area contributed by atoms with E-state index >= 15 is 0 Å². The number of hydrogen-bond donors (Lipinski definition) is 2. The molecule has 1 saturated heterocycles. The van der Waals surface area contributed by atoms with Crippen molar-refractivity contribution >= 4 is 21.4 Å². The second-order valence-corrected chi connectivity index (χ2v) is 6.66. The van der Waals surface area contributed by atoms with Gasteiger partial charge in [0.05, 0.1) is 4.90 Å². The standard InChI is InChI=1S/C13H22N4O2S/c1-3-16-4-6-17(7-5-16)12-8-11(14)9-13(10(12)2)20(15,18)19/h8-9H,3-7,14H2,1-2H3,(H2,15,18,19). The van der Waals surface area contributed by atoms with Crippen molar-refractivity contribution in [3.8, 4) is 0 Å². The van der Waals surface area contributed by atoms with Gasteiger partial charge in [0.1, 0.15) is 0 Å². The van der Waals surface area contributed by atoms with Gasteiger partial charge in [0.15, 0.2) is 0 Å². The summed E-state index contributed by atoms with van der Waals surface area (Å²) in [6.45, 7) is 8.61. The highest BCUT2D eigenvalue weighted by atomic mass is 32.2. The Hall–Kier alpha value is -1.31. The van der Waals surface area contributed by atoms with Crippen LogP contribution in [0, 0.1) is 6.92 Å². The van der Waals surface area contributed by atoms with Gasteiger partial charge < -0.3 is 15.5 Å². The summed E-state index contributed by atoms with van der Waals surface area (Å²) in [5, 5.41) is 5.26. The Labute approximate surface area is 120 Å². The van der Waals surface area contributed by atoms with Crippen molar-refractivity contribution in [2.45, 2.75) is 18.7 Å². The van der Waals surface area contributed by atoms with Gasteiger partial charge in [0.25, 0.3) is 0 Å². The summed E-state index contributed by atoms with van der Waals surface area (Å²) in [7, 11) is -3.75. The lowest BCUT2D eigenvalue weighted by molar-refractivity contribution is 0.271. The third-order valence-corrected chi connectivity index (χ3v) is 4.86. The van der Waals surface area contributed by atoms with Gasteiger partial charge in [-0.05, 0) is 31.2 Å². The summed E-state index contributed by atoms with van der Waals surface area (Å²) in [6, 6.07) is 3.25. The van der Waals surface area contributed by atoms with Gasteiger partial charge in [-0.15, -0.1) is 0 Å². The average molecular weight is 298 g/mol. The van der Waals surface area contributed by atoms with Crippen molar-refractivity contribution < 1.29 is 8.42 Å². The predicted molar refractivity (Wildman–Crippen MR) is 81.3 cm³/mol. The quantitative estimate of drug-likeness (QED) is 0.786. The van der Waals surface area contributed by atoms with E-state index in [0.29, 0.717) is 11.3 Å². The highest BCUT2D eigenvalue weighted by Crippen LogP contribution is 2.29. The number of nitrogen functional groups attached to an aromatic ring is 1. The number of rotatable bonds is 3. The lowest BCUT2D eigenvalue weighted by Gasteiger charge is -2.36. The summed E-state index contributed by atoms with van der Waals surface area (Å²) in [6.07, 6.45) is 0. The molecule has 2 rings (SSSR count). The van der Waals surface area contributed by atoms with E-state index in [2.05, 4.69) is 16.7 Å². The van der Waals surface area contributed by atoms with E-state index in [1.165, 1.54) is 6.07 Å². The number of likely N-dealkylation sites (N-methyl/N-ethyl adjacent to an activating group) is 1. The zero-order chi connectivity index (χ0) is 14.9. The van der Waals surface area contributed by atoms with Crippen LogP contribution in [0.4, 0.5) is 11.4 Å². The molecule has 0 spiro atoms. The Balaban J connectivity index is 2.36. The van der Waals surface area contributed by atoms with E-state index in [9.17, 15) is 8.42 Å². The number of primary sulfonamides is 1. The summed E-state index contributed by atoms with van der Waals surface area (Å²) in [5.41, 5.74) is 7.79. The second-order valence-electron chi connectivity index (χ2n) is 5.13. The average Bonchev–Trinajstić information content (AvgIpc) is 2.40. The molecule has 0 radical (unpaired) electrons. The minimum absolute atomic E-state index is 0.116. The molecule has 0 aromatic heterocycles. The summed E-state index contributed by atoms with van der Waals surface area (Å²) in [4.78, 5) is 4.65. The van der Waals surface area contributed by atoms with E-state index in [-0.39, 0.29) is 4.90 Å². The lowest BCUT2D eigenvalue weighted by atomic mass is 10.1. The first-order chi connectivity index (χ1) is 9.32. The second kappa shape index (κ2) is 5.59. The molecule has 1 aromatic carbocycles. The normalized spacial score (nSPS) is 17.4. The van der Waals surface area contributed by atoms with E-state index in [0.717, 1.165) is 38.4 Å². The first kappa shape index (κ1) is 15.1. The minimum Gasteiger partial charge on any atom is -0.399 e. The first-order valence-electron chi connectivity index (χ1n) is 6.73. The van der Waals surface area contributed by atoms with Gasteiger partial charge >= 0.3 is 0 Å². The van der Waals surface area contributed by atoms with Gasteiger partial charge in [0.2, 0.25) is 10.0 Å². The van der Waals surface area contributed by atoms with E-state index in [1.807, 2.05) is 6.07 Å². The predicted octanol–water partition coefficient (Wildman–Crippen LogP) is 0.367. The molecule has 6 nitrogen and oxygen atoms in total. The molecule has 4 N–H and O–H groups in total. The number of nitrogens with zero attached hydrogens (tertiary/aromatic N) is 2. The van der Waals surface area contributed by atoms with Crippen LogP contribution in [0.25, 0.3) is 0 Å². The number of sulfonamides is 1. The van der Waals surface area contributed by atoms with Crippen LogP contribution in [0.3, 0.4) is 0 Å². The number of nitrogens with two attached hydrogens (primary N) is 2. The smallest absolute Gasteiger partial charge is 0.238 e. The van der Waals surface area contributed by atoms with Crippen LogP contribution in [0.15, 0.2) is 17.0 Å². The zero-order valence-corrected chi connectivity index (χ0v) is 12.8. The van der Waals surface area contributed by atoms with Crippen LogP contribution < -0.4 is 15.8 Å². The molecule has 20 heavy (non-hydrogen) atoms. The fourth-order valence-corrected chi connectivity index (χ4v) is 3.45. The molecule has 1 aromatic rings. The van der Waals surface area contributed by atoms with Gasteiger partial charge in [-0.3, -0.25) is 0 Å². The van der Waals surface area contributed by atoms with E-state index < -0.39 is 10.0 Å². The molecule has 1 aliphatic rings. The zero-order valence-electron chi connectivity index (χ0n) is 12.0. The molecule has 7 heteroatoms. The van der Waals surface area contributed by atoms with Crippen molar-refractivity contribution in [1.29, 1.82) is 0 Å². The summed E-state index contributed by atoms with van der Waals surface area (Å²) >= 11 is 0. The van der Waals surface area contributed by atoms with Gasteiger partial charge in [-0.2, -0.15) is 0 Å². The van der Waals surface area contributed by atoms with Crippen molar-refractivity contribution in [2.75, 3.05) is 43.4 Å². The maximum Gasteiger partial charge on any atom is 0.238 e. The summed E-state index contributed by atoms with van der Waals surface area (Å²) in [5.74, 6) is 0. The SMILES string of the molecule is CCN1CCN(c2cc(N)cc(S(N)(=O)=O)c2C)CC1. The third-order valence-electron chi connectivity index (χ3n) is 3.82. The van der Waals surface area contributed by atoms with Crippen LogP contribution in [0.2, 0.25) is 0 Å². The van der Waals surface area contributed by atoms with Crippen molar-refractivity contribution in [3.63, 3.8) is 0 Å². The van der Waals surface area contributed by atoms with Gasteiger partial charge in [-0.25, -0.2) is 13.6 Å². The number of piperazine rings is 1. The van der Waals surface area contributed by atoms with Crippen LogP contribution in [-0.2, 0) is 10.0 Å². The minimum atomic E-state index is -3.75. The molecule has 0 atom stereocenters. The third kappa shape index (κ3) is 3.05. The molecule has 1 aliphatic heterocycles. The van der Waals surface area contributed by atoms with Crippen LogP contribution in [0.5, 0.6) is 0 Å². The maximum atomic E-state index is 11.6. The topological polar surface area (TPSA) is 92.7 Å². The maximum absolute atomic E-state index is 11.6. The Morgan fingerprint density at radius 1 is 1.20 bits per heavy atom. The molecule has 0 unspecified atom stereocenters. The van der Waals surface area contributed by atoms with Crippen molar-refractivity contribution in [2.24, 2.45) is 5.14 Å². The molecular weight excluding hydrogens is 276 g/mol. The number of anilines is 2. The highest BCUT2D eigenvalue weighted by molar-refractivity contribution is 7.89. The van der Waals surface area contributed by atoms with Crippen LogP contribution >= 0.6 is 0 Å². The van der Waals surface area contributed by atoms with Crippen molar-refractivity contribution in [3.05, 3.63) is 17.7 Å². The van der Waals surface area contributed by atoms with Crippen LogP contribution in [0.1, 0.15) is 12.5 Å². The largest absolute Gasteiger partial charge is 0.399 e. The summed E-state index contributed by atoms with van der Waals surface area (Å²) < 4.78 is 23.3. The molecular formula is C13H22N4O2S. The van der Waals surface area contributed by atoms with E-state index in [4.69, 9.17) is 10.9 Å². The van der Waals surface area contributed by atoms with Crippen molar-refractivity contribution in [1.82, 2.24) is 4.90 Å². The fraction of sp³-hybridized carbons (Fsp3) is 0.538. The van der Waals surface area contributed by atoms with Crippen LogP contribution in [-0.4, -0.2) is 46.0 Å². The molecule has 0 saturated carbocycles. The molecule has 112 valence electrons. The Morgan fingerprint density at radius 3 is 2.30 bits per heavy atom. The molecule has 1 heterocycles. The molecule has 1 fully saturated rings. The fourth-order valence-electron chi connectivity index (χ4n) is 2.62. The Kier molecular flexibility index (Phi) is 4.22. The highest BCUT2D eigenvalue weighted by Gasteiger charge is 2.21. The van der Waals surface area contributed by atoms with Gasteiger partial charge in [0, 0.05) is 37.6 Å². The molecule has 0 aliphatic carbocycles. The lowest BCUT2D eigenvalue weighted by Crippen LogP contribution is -2.46. The Morgan fingerprint density at radius 2 is 1.80 bits per heavy atom. The molecule has 0 amide bonds. The Bertz CT molecular complexity index is 593.